The molecule has 2 aliphatic heterocycles. The molecule has 0 saturated carbocycles. The van der Waals surface area contributed by atoms with Crippen molar-refractivity contribution in [3.63, 3.8) is 0 Å². The normalized spacial score (nSPS) is 24.2. The summed E-state index contributed by atoms with van der Waals surface area (Å²) in [7, 11) is 0. The Morgan fingerprint density at radius 1 is 0.278 bits per heavy atom. The van der Waals surface area contributed by atoms with Crippen LogP contribution < -0.4 is 0 Å². The minimum Gasteiger partial charge on any atom is -0.374 e. The molecule has 2 saturated heterocycles. The molecule has 0 aliphatic carbocycles. The first-order chi connectivity index (χ1) is 35.6. The van der Waals surface area contributed by atoms with Crippen molar-refractivity contribution in [3.8, 4) is 0 Å². The fraction of sp³-hybridized carbons (Fsp3) is 0.311. The average Bonchev–Trinajstić information content (AvgIpc) is 3.44. The molecular formula is C61H64O11. The number of rotatable bonds is 25. The van der Waals surface area contributed by atoms with Crippen molar-refractivity contribution in [1.29, 1.82) is 0 Å². The largest absolute Gasteiger partial charge is 0.374 e. The molecule has 374 valence electrons. The minimum absolute atomic E-state index is 0.0957. The van der Waals surface area contributed by atoms with E-state index in [2.05, 4.69) is 0 Å². The molecule has 2 fully saturated rings. The van der Waals surface area contributed by atoms with Crippen molar-refractivity contribution in [2.24, 2.45) is 0 Å². The fourth-order valence-corrected chi connectivity index (χ4v) is 8.97. The summed E-state index contributed by atoms with van der Waals surface area (Å²) in [6.07, 6.45) is -8.74. The highest BCUT2D eigenvalue weighted by Crippen LogP contribution is 2.34. The third kappa shape index (κ3) is 14.8. The third-order valence-corrected chi connectivity index (χ3v) is 12.7. The number of benzene rings is 7. The van der Waals surface area contributed by atoms with Gasteiger partial charge in [-0.15, -0.1) is 0 Å². The summed E-state index contributed by atoms with van der Waals surface area (Å²) in [5.41, 5.74) is 6.80. The SMILES string of the molecule is O[C@H]1O[C@H](CO[C@@H]2O[C@@H](COCc3ccccc3)[C@@H](OCc3ccccc3)[C@H](OCc3ccccc3)[C@@H]2OCc2ccccc2)[C@@H](OCc2ccccc2)[C@H](OCc2ccccc2)[C@H]1OCc1ccccc1. The zero-order valence-corrected chi connectivity index (χ0v) is 40.4. The van der Waals surface area contributed by atoms with Gasteiger partial charge in [-0.2, -0.15) is 0 Å². The van der Waals surface area contributed by atoms with Gasteiger partial charge in [0.25, 0.3) is 0 Å². The minimum atomic E-state index is -1.41. The van der Waals surface area contributed by atoms with Crippen molar-refractivity contribution in [3.05, 3.63) is 251 Å². The summed E-state index contributed by atoms with van der Waals surface area (Å²) >= 11 is 0. The second kappa shape index (κ2) is 27.2. The van der Waals surface area contributed by atoms with E-state index in [0.717, 1.165) is 38.9 Å². The molecule has 0 aromatic heterocycles. The number of aliphatic hydroxyl groups excluding tert-OH is 1. The van der Waals surface area contributed by atoms with Crippen LogP contribution in [0, 0.1) is 0 Å². The Morgan fingerprint density at radius 2 is 0.556 bits per heavy atom. The maximum absolute atomic E-state index is 12.0. The van der Waals surface area contributed by atoms with Crippen molar-refractivity contribution in [2.75, 3.05) is 13.2 Å². The standard InChI is InChI=1S/C61H64O11/c62-60-58(68-41-50-32-18-6-19-33-50)56(66-39-48-28-14-4-15-29-48)55(65-38-47-26-12-3-13-27-47)53(71-60)44-70-61-59(69-42-51-34-20-7-21-35-51)57(67-40-49-30-16-5-17-31-49)54(64-37-46-24-10-2-11-25-46)52(72-61)43-63-36-45-22-8-1-9-23-45/h1-35,52-62H,36-44H2/t52-,53+,54+,55+,56-,57-,58+,59-,60-,61+/m0/s1. The summed E-state index contributed by atoms with van der Waals surface area (Å²) in [5.74, 6) is 0. The van der Waals surface area contributed by atoms with Gasteiger partial charge in [0.1, 0.15) is 48.8 Å². The van der Waals surface area contributed by atoms with Crippen LogP contribution in [0.4, 0.5) is 0 Å². The molecule has 0 radical (unpaired) electrons. The first-order valence-corrected chi connectivity index (χ1v) is 24.8. The molecule has 10 atom stereocenters. The van der Waals surface area contributed by atoms with Gasteiger partial charge in [-0.1, -0.05) is 212 Å². The quantitative estimate of drug-likeness (QED) is 0.0591. The monoisotopic (exact) mass is 972 g/mol. The van der Waals surface area contributed by atoms with Crippen molar-refractivity contribution in [2.45, 2.75) is 108 Å². The second-order valence-electron chi connectivity index (χ2n) is 18.0. The van der Waals surface area contributed by atoms with Gasteiger partial charge >= 0.3 is 0 Å². The molecule has 9 rings (SSSR count). The van der Waals surface area contributed by atoms with Gasteiger partial charge in [-0.3, -0.25) is 0 Å². The van der Waals surface area contributed by atoms with E-state index in [4.69, 9.17) is 47.4 Å². The van der Waals surface area contributed by atoms with Crippen LogP contribution in [0.1, 0.15) is 38.9 Å². The predicted octanol–water partition coefficient (Wildman–Crippen LogP) is 10.2. The second-order valence-corrected chi connectivity index (χ2v) is 18.0. The molecule has 1 N–H and O–H groups in total. The van der Waals surface area contributed by atoms with Gasteiger partial charge < -0.3 is 52.5 Å². The summed E-state index contributed by atoms with van der Waals surface area (Å²) < 4.78 is 67.9. The number of aliphatic hydroxyl groups is 1. The lowest BCUT2D eigenvalue weighted by molar-refractivity contribution is -0.349. The van der Waals surface area contributed by atoms with Crippen molar-refractivity contribution in [1.82, 2.24) is 0 Å². The average molecular weight is 973 g/mol. The Balaban J connectivity index is 1.04. The maximum Gasteiger partial charge on any atom is 0.187 e. The van der Waals surface area contributed by atoms with Crippen LogP contribution in [-0.4, -0.2) is 79.7 Å². The van der Waals surface area contributed by atoms with Crippen molar-refractivity contribution < 1.29 is 52.5 Å². The molecule has 2 aliphatic rings. The fourth-order valence-electron chi connectivity index (χ4n) is 8.97. The topological polar surface area (TPSA) is 113 Å². The Hall–Kier alpha value is -5.90. The van der Waals surface area contributed by atoms with Gasteiger partial charge in [0, 0.05) is 0 Å². The van der Waals surface area contributed by atoms with E-state index in [1.807, 2.05) is 212 Å². The first kappa shape index (κ1) is 51.0. The number of hydrogen-bond donors (Lipinski definition) is 1. The van der Waals surface area contributed by atoms with Crippen molar-refractivity contribution >= 4 is 0 Å². The lowest BCUT2D eigenvalue weighted by Crippen LogP contribution is -2.63. The maximum atomic E-state index is 12.0. The van der Waals surface area contributed by atoms with Crippen LogP contribution in [0.5, 0.6) is 0 Å². The van der Waals surface area contributed by atoms with E-state index in [1.54, 1.807) is 0 Å². The number of hydrogen-bond acceptors (Lipinski definition) is 11. The third-order valence-electron chi connectivity index (χ3n) is 12.7. The molecule has 7 aromatic rings. The molecular weight excluding hydrogens is 909 g/mol. The molecule has 2 heterocycles. The first-order valence-electron chi connectivity index (χ1n) is 24.8. The van der Waals surface area contributed by atoms with Gasteiger partial charge in [0.15, 0.2) is 12.6 Å². The van der Waals surface area contributed by atoms with E-state index in [-0.39, 0.29) is 52.9 Å². The summed E-state index contributed by atoms with van der Waals surface area (Å²) in [4.78, 5) is 0. The Bertz CT molecular complexity index is 2550. The van der Waals surface area contributed by atoms with Crippen LogP contribution in [-0.2, 0) is 93.6 Å². The van der Waals surface area contributed by atoms with Crippen LogP contribution in [0.3, 0.4) is 0 Å². The Morgan fingerprint density at radius 3 is 0.917 bits per heavy atom. The smallest absolute Gasteiger partial charge is 0.187 e. The highest BCUT2D eigenvalue weighted by atomic mass is 16.7. The van der Waals surface area contributed by atoms with E-state index in [0.29, 0.717) is 6.61 Å². The summed E-state index contributed by atoms with van der Waals surface area (Å²) in [5, 5.41) is 12.0. The molecule has 7 aromatic carbocycles. The molecule has 0 unspecified atom stereocenters. The van der Waals surface area contributed by atoms with Gasteiger partial charge in [-0.25, -0.2) is 0 Å². The highest BCUT2D eigenvalue weighted by Gasteiger charge is 2.52. The number of ether oxygens (including phenoxy) is 10. The molecule has 0 amide bonds. The zero-order chi connectivity index (χ0) is 49.0. The molecule has 0 bridgehead atoms. The molecule has 11 nitrogen and oxygen atoms in total. The zero-order valence-electron chi connectivity index (χ0n) is 40.4. The van der Waals surface area contributed by atoms with E-state index in [1.165, 1.54) is 0 Å². The van der Waals surface area contributed by atoms with Crippen LogP contribution in [0.15, 0.2) is 212 Å². The summed E-state index contributed by atoms with van der Waals surface area (Å²) in [6, 6.07) is 69.7. The molecule has 0 spiro atoms. The highest BCUT2D eigenvalue weighted by molar-refractivity contribution is 5.19. The van der Waals surface area contributed by atoms with E-state index < -0.39 is 61.4 Å². The van der Waals surface area contributed by atoms with Gasteiger partial charge in [0.05, 0.1) is 59.5 Å². The lowest BCUT2D eigenvalue weighted by Gasteiger charge is -2.47. The van der Waals surface area contributed by atoms with E-state index in [9.17, 15) is 5.11 Å². The van der Waals surface area contributed by atoms with Crippen LogP contribution in [0.25, 0.3) is 0 Å². The Kier molecular flexibility index (Phi) is 19.3. The summed E-state index contributed by atoms with van der Waals surface area (Å²) in [6.45, 7) is 1.89. The molecule has 72 heavy (non-hydrogen) atoms. The van der Waals surface area contributed by atoms with Crippen LogP contribution in [0.2, 0.25) is 0 Å². The van der Waals surface area contributed by atoms with E-state index >= 15 is 0 Å². The lowest BCUT2D eigenvalue weighted by atomic mass is 9.97. The van der Waals surface area contributed by atoms with Gasteiger partial charge in [-0.05, 0) is 38.9 Å². The van der Waals surface area contributed by atoms with Gasteiger partial charge in [0.2, 0.25) is 0 Å². The van der Waals surface area contributed by atoms with Crippen LogP contribution >= 0.6 is 0 Å². The predicted molar refractivity (Wildman–Crippen MR) is 272 cm³/mol. The Labute approximate surface area is 423 Å². The molecule has 11 heteroatoms.